The molecular weight excluding hydrogens is 122 g/mol. The quantitative estimate of drug-likeness (QED) is 0.374. The topological polar surface area (TPSA) is 67.5 Å². The molecular formula is C4H7N3O2. The summed E-state index contributed by atoms with van der Waals surface area (Å²) >= 11 is 0. The van der Waals surface area contributed by atoms with Crippen LogP contribution in [0.4, 0.5) is 0 Å². The van der Waals surface area contributed by atoms with Crippen molar-refractivity contribution in [2.45, 2.75) is 6.04 Å². The van der Waals surface area contributed by atoms with Gasteiger partial charge in [0.25, 0.3) is 0 Å². The highest BCUT2D eigenvalue weighted by Crippen LogP contribution is 1.91. The van der Waals surface area contributed by atoms with Crippen molar-refractivity contribution in [2.24, 2.45) is 4.99 Å². The molecule has 1 heterocycles. The van der Waals surface area contributed by atoms with Crippen molar-refractivity contribution in [3.8, 4) is 0 Å². The Morgan fingerprint density at radius 1 is 1.89 bits per heavy atom. The van der Waals surface area contributed by atoms with E-state index in [1.54, 1.807) is 0 Å². The maximum Gasteiger partial charge on any atom is 0.249 e. The minimum atomic E-state index is -0.532. The number of nitro groups is 1. The second-order valence-electron chi connectivity index (χ2n) is 1.84. The van der Waals surface area contributed by atoms with Crippen LogP contribution in [0.1, 0.15) is 0 Å². The Balaban J connectivity index is 2.44. The second-order valence-corrected chi connectivity index (χ2v) is 1.84. The third-order valence-corrected chi connectivity index (χ3v) is 1.15. The smallest absolute Gasteiger partial charge is 0.249 e. The predicted octanol–water partition coefficient (Wildman–Crippen LogP) is -0.737. The average molecular weight is 129 g/mol. The van der Waals surface area contributed by atoms with Gasteiger partial charge in [0.15, 0.2) is 0 Å². The molecule has 0 bridgehead atoms. The van der Waals surface area contributed by atoms with Gasteiger partial charge in [0.1, 0.15) is 6.54 Å². The molecule has 0 fully saturated rings. The van der Waals surface area contributed by atoms with Crippen LogP contribution in [0.15, 0.2) is 4.99 Å². The molecule has 9 heavy (non-hydrogen) atoms. The lowest BCUT2D eigenvalue weighted by molar-refractivity contribution is -0.517. The minimum absolute atomic E-state index is 0.306. The monoisotopic (exact) mass is 129 g/mol. The third kappa shape index (κ3) is 1.38. The molecule has 0 aliphatic carbocycles. The van der Waals surface area contributed by atoms with Crippen LogP contribution in [0.3, 0.4) is 0 Å². The maximum absolute atomic E-state index is 10.0. The van der Waals surface area contributed by atoms with Crippen LogP contribution in [0, 0.1) is 10.1 Å². The molecule has 0 radical (unpaired) electrons. The summed E-state index contributed by atoms with van der Waals surface area (Å²) < 4.78 is 0. The first-order valence-electron chi connectivity index (χ1n) is 2.66. The lowest BCUT2D eigenvalue weighted by Gasteiger charge is -2.09. The molecule has 1 aliphatic rings. The molecule has 1 N–H and O–H groups in total. The fourth-order valence-electron chi connectivity index (χ4n) is 0.633. The number of aliphatic imine (C=N–C) groups is 1. The van der Waals surface area contributed by atoms with E-state index in [1.165, 1.54) is 6.34 Å². The lowest BCUT2D eigenvalue weighted by Crippen LogP contribution is -2.38. The van der Waals surface area contributed by atoms with Crippen LogP contribution in [0.5, 0.6) is 0 Å². The molecule has 0 spiro atoms. The molecule has 5 heteroatoms. The normalized spacial score (nSPS) is 25.1. The van der Waals surface area contributed by atoms with Crippen molar-refractivity contribution in [1.82, 2.24) is 5.32 Å². The number of hydrogen-bond donors (Lipinski definition) is 1. The molecule has 0 amide bonds. The van der Waals surface area contributed by atoms with E-state index in [-0.39, 0.29) is 4.92 Å². The molecule has 0 saturated heterocycles. The van der Waals surface area contributed by atoms with Crippen molar-refractivity contribution >= 4 is 6.34 Å². The first-order valence-corrected chi connectivity index (χ1v) is 2.66. The Morgan fingerprint density at radius 2 is 2.67 bits per heavy atom. The number of nitrogens with one attached hydrogen (secondary N) is 1. The molecule has 0 aromatic heterocycles. The number of rotatable bonds is 1. The zero-order chi connectivity index (χ0) is 6.69. The van der Waals surface area contributed by atoms with E-state index in [0.717, 1.165) is 0 Å². The van der Waals surface area contributed by atoms with Gasteiger partial charge in [-0.25, -0.2) is 0 Å². The summed E-state index contributed by atoms with van der Waals surface area (Å²) in [7, 11) is 0. The Bertz CT molecular complexity index is 145. The van der Waals surface area contributed by atoms with Gasteiger partial charge in [-0.2, -0.15) is 0 Å². The molecule has 1 aliphatic heterocycles. The average Bonchev–Trinajstić information content (AvgIpc) is 1.90. The van der Waals surface area contributed by atoms with Gasteiger partial charge in [0, 0.05) is 4.92 Å². The largest absolute Gasteiger partial charge is 0.369 e. The highest BCUT2D eigenvalue weighted by Gasteiger charge is 2.19. The van der Waals surface area contributed by atoms with Crippen LogP contribution >= 0.6 is 0 Å². The van der Waals surface area contributed by atoms with Gasteiger partial charge in [-0.3, -0.25) is 15.1 Å². The number of hydrogen-bond acceptors (Lipinski definition) is 4. The maximum atomic E-state index is 10.0. The molecule has 1 atom stereocenters. The van der Waals surface area contributed by atoms with Gasteiger partial charge in [-0.1, -0.05) is 0 Å². The summed E-state index contributed by atoms with van der Waals surface area (Å²) in [5, 5.41) is 12.7. The molecule has 50 valence electrons. The van der Waals surface area contributed by atoms with E-state index in [0.29, 0.717) is 13.1 Å². The van der Waals surface area contributed by atoms with Crippen LogP contribution in [-0.2, 0) is 0 Å². The summed E-state index contributed by atoms with van der Waals surface area (Å²) in [6.07, 6.45) is 1.50. The van der Waals surface area contributed by atoms with Gasteiger partial charge in [0.05, 0.1) is 12.9 Å². The third-order valence-electron chi connectivity index (χ3n) is 1.15. The molecule has 0 aromatic carbocycles. The standard InChI is InChI=1S/C4H7N3O2/c8-7(9)4-1-5-3-6-2-4/h3-4H,1-2H2,(H,5,6). The summed E-state index contributed by atoms with van der Waals surface area (Å²) in [6.45, 7) is 0.705. The van der Waals surface area contributed by atoms with Gasteiger partial charge < -0.3 is 5.32 Å². The highest BCUT2D eigenvalue weighted by molar-refractivity contribution is 5.55. The first kappa shape index (κ1) is 6.00. The van der Waals surface area contributed by atoms with E-state index in [9.17, 15) is 10.1 Å². The summed E-state index contributed by atoms with van der Waals surface area (Å²) in [5.74, 6) is 0. The number of nitrogens with zero attached hydrogens (tertiary/aromatic N) is 2. The van der Waals surface area contributed by atoms with Gasteiger partial charge >= 0.3 is 0 Å². The zero-order valence-electron chi connectivity index (χ0n) is 4.78. The second kappa shape index (κ2) is 2.43. The fourth-order valence-corrected chi connectivity index (χ4v) is 0.633. The van der Waals surface area contributed by atoms with Crippen molar-refractivity contribution in [3.05, 3.63) is 10.1 Å². The van der Waals surface area contributed by atoms with Crippen LogP contribution in [-0.4, -0.2) is 30.4 Å². The lowest BCUT2D eigenvalue weighted by atomic mass is 10.3. The summed E-state index contributed by atoms with van der Waals surface area (Å²) in [6, 6.07) is -0.532. The first-order chi connectivity index (χ1) is 4.30. The van der Waals surface area contributed by atoms with Crippen LogP contribution in [0.25, 0.3) is 0 Å². The summed E-state index contributed by atoms with van der Waals surface area (Å²) in [5.41, 5.74) is 0. The van der Waals surface area contributed by atoms with Crippen molar-refractivity contribution < 1.29 is 4.92 Å². The van der Waals surface area contributed by atoms with Crippen LogP contribution < -0.4 is 5.32 Å². The zero-order valence-corrected chi connectivity index (χ0v) is 4.78. The van der Waals surface area contributed by atoms with Gasteiger partial charge in [0.2, 0.25) is 6.04 Å². The Kier molecular flexibility index (Phi) is 1.62. The minimum Gasteiger partial charge on any atom is -0.369 e. The van der Waals surface area contributed by atoms with E-state index < -0.39 is 6.04 Å². The van der Waals surface area contributed by atoms with E-state index in [2.05, 4.69) is 10.3 Å². The van der Waals surface area contributed by atoms with Gasteiger partial charge in [-0.15, -0.1) is 0 Å². The fraction of sp³-hybridized carbons (Fsp3) is 0.750. The summed E-state index contributed by atoms with van der Waals surface area (Å²) in [4.78, 5) is 13.4. The molecule has 1 rings (SSSR count). The Hall–Kier alpha value is -1.13. The van der Waals surface area contributed by atoms with E-state index in [1.807, 2.05) is 0 Å². The van der Waals surface area contributed by atoms with E-state index >= 15 is 0 Å². The van der Waals surface area contributed by atoms with Crippen molar-refractivity contribution in [3.63, 3.8) is 0 Å². The van der Waals surface area contributed by atoms with Crippen molar-refractivity contribution in [1.29, 1.82) is 0 Å². The molecule has 0 aromatic rings. The van der Waals surface area contributed by atoms with Crippen molar-refractivity contribution in [2.75, 3.05) is 13.1 Å². The SMILES string of the molecule is O=[N+]([O-])C1CN=CNC1. The highest BCUT2D eigenvalue weighted by atomic mass is 16.6. The Labute approximate surface area is 51.9 Å². The molecule has 1 unspecified atom stereocenters. The van der Waals surface area contributed by atoms with Gasteiger partial charge in [-0.05, 0) is 0 Å². The predicted molar refractivity (Wildman–Crippen MR) is 32.1 cm³/mol. The Morgan fingerprint density at radius 3 is 3.00 bits per heavy atom. The molecule has 5 nitrogen and oxygen atoms in total. The van der Waals surface area contributed by atoms with E-state index in [4.69, 9.17) is 0 Å². The van der Waals surface area contributed by atoms with Crippen LogP contribution in [0.2, 0.25) is 0 Å². The molecule has 0 saturated carbocycles.